The van der Waals surface area contributed by atoms with Crippen LogP contribution in [-0.4, -0.2) is 44.8 Å². The zero-order chi connectivity index (χ0) is 20.5. The van der Waals surface area contributed by atoms with E-state index >= 15 is 0 Å². The Balaban J connectivity index is 1.50. The second-order valence-electron chi connectivity index (χ2n) is 6.37. The van der Waals surface area contributed by atoms with Gasteiger partial charge < -0.3 is 10.2 Å². The van der Waals surface area contributed by atoms with Crippen LogP contribution in [0.15, 0.2) is 60.1 Å². The number of carbonyl (C=O) groups excluding carboxylic acids is 2. The number of hydrogen-bond donors (Lipinski definition) is 1. The summed E-state index contributed by atoms with van der Waals surface area (Å²) in [5.74, 6) is -0.424. The van der Waals surface area contributed by atoms with Gasteiger partial charge >= 0.3 is 0 Å². The standard InChI is InChI=1S/C21H23N5O2S/c1-2-25(16-20(27)22-13-19-9-6-12-29-19)21(28)11-10-18-15-26(24-23-18)14-17-7-4-3-5-8-17/h3-12,15H,2,13-14,16H2,1H3,(H,22,27)/b11-10+. The van der Waals surface area contributed by atoms with Gasteiger partial charge in [-0.1, -0.05) is 41.6 Å². The minimum Gasteiger partial charge on any atom is -0.350 e. The van der Waals surface area contributed by atoms with E-state index in [-0.39, 0.29) is 18.4 Å². The van der Waals surface area contributed by atoms with Crippen molar-refractivity contribution in [2.24, 2.45) is 0 Å². The number of nitrogens with zero attached hydrogens (tertiary/aromatic N) is 4. The fourth-order valence-electron chi connectivity index (χ4n) is 2.67. The second kappa shape index (κ2) is 10.3. The Hall–Kier alpha value is -3.26. The topological polar surface area (TPSA) is 80.1 Å². The molecule has 0 spiro atoms. The first-order chi connectivity index (χ1) is 14.1. The molecule has 1 N–H and O–H groups in total. The molecule has 2 aromatic heterocycles. The molecular weight excluding hydrogens is 386 g/mol. The molecule has 0 aliphatic rings. The highest BCUT2D eigenvalue weighted by Crippen LogP contribution is 2.07. The van der Waals surface area contributed by atoms with Gasteiger partial charge in [-0.05, 0) is 30.0 Å². The number of nitrogens with one attached hydrogen (secondary N) is 1. The quantitative estimate of drug-likeness (QED) is 0.551. The van der Waals surface area contributed by atoms with Gasteiger partial charge in [0.15, 0.2) is 0 Å². The van der Waals surface area contributed by atoms with Crippen LogP contribution in [0.3, 0.4) is 0 Å². The molecule has 0 fully saturated rings. The molecule has 8 heteroatoms. The maximum Gasteiger partial charge on any atom is 0.247 e. The Morgan fingerprint density at radius 2 is 2.03 bits per heavy atom. The SMILES string of the molecule is CCN(CC(=O)NCc1cccs1)C(=O)/C=C/c1cn(Cc2ccccc2)nn1. The van der Waals surface area contributed by atoms with Gasteiger partial charge in [-0.15, -0.1) is 16.4 Å². The number of thiophene rings is 1. The van der Waals surface area contributed by atoms with Crippen molar-refractivity contribution in [1.82, 2.24) is 25.2 Å². The van der Waals surface area contributed by atoms with Gasteiger partial charge in [-0.3, -0.25) is 9.59 Å². The van der Waals surface area contributed by atoms with Gasteiger partial charge in [0.1, 0.15) is 5.69 Å². The average molecular weight is 410 g/mol. The molecule has 0 aliphatic carbocycles. The van der Waals surface area contributed by atoms with E-state index in [4.69, 9.17) is 0 Å². The van der Waals surface area contributed by atoms with Crippen molar-refractivity contribution >= 4 is 29.2 Å². The molecule has 2 heterocycles. The third-order valence-electron chi connectivity index (χ3n) is 4.21. The van der Waals surface area contributed by atoms with E-state index in [0.717, 1.165) is 10.4 Å². The van der Waals surface area contributed by atoms with Crippen molar-refractivity contribution in [2.75, 3.05) is 13.1 Å². The van der Waals surface area contributed by atoms with Crippen LogP contribution < -0.4 is 5.32 Å². The Bertz CT molecular complexity index is 951. The third kappa shape index (κ3) is 6.39. The number of amides is 2. The molecule has 3 aromatic rings. The first-order valence-corrected chi connectivity index (χ1v) is 10.2. The summed E-state index contributed by atoms with van der Waals surface area (Å²) in [7, 11) is 0. The van der Waals surface area contributed by atoms with Crippen LogP contribution in [0.2, 0.25) is 0 Å². The summed E-state index contributed by atoms with van der Waals surface area (Å²) >= 11 is 1.58. The molecule has 0 aliphatic heterocycles. The minimum absolute atomic E-state index is 0.0196. The number of carbonyl (C=O) groups is 2. The van der Waals surface area contributed by atoms with Crippen LogP contribution in [-0.2, 0) is 22.7 Å². The summed E-state index contributed by atoms with van der Waals surface area (Å²) < 4.78 is 1.72. The summed E-state index contributed by atoms with van der Waals surface area (Å²) in [6.07, 6.45) is 4.82. The number of aromatic nitrogens is 3. The van der Waals surface area contributed by atoms with Gasteiger partial charge in [0.05, 0.1) is 25.8 Å². The molecule has 3 rings (SSSR count). The summed E-state index contributed by atoms with van der Waals surface area (Å²) in [4.78, 5) is 27.1. The maximum atomic E-state index is 12.4. The predicted molar refractivity (Wildman–Crippen MR) is 113 cm³/mol. The van der Waals surface area contributed by atoms with Crippen LogP contribution in [0.25, 0.3) is 6.08 Å². The number of hydrogen-bond acceptors (Lipinski definition) is 5. The van der Waals surface area contributed by atoms with Crippen LogP contribution >= 0.6 is 11.3 Å². The van der Waals surface area contributed by atoms with E-state index in [9.17, 15) is 9.59 Å². The van der Waals surface area contributed by atoms with Crippen molar-refractivity contribution < 1.29 is 9.59 Å². The van der Waals surface area contributed by atoms with E-state index in [1.807, 2.05) is 54.8 Å². The molecular formula is C21H23N5O2S. The maximum absolute atomic E-state index is 12.4. The van der Waals surface area contributed by atoms with Gasteiger partial charge in [0.25, 0.3) is 0 Å². The predicted octanol–water partition coefficient (Wildman–Crippen LogP) is 2.57. The molecule has 29 heavy (non-hydrogen) atoms. The number of likely N-dealkylation sites (N-methyl/N-ethyl adjacent to an activating group) is 1. The highest BCUT2D eigenvalue weighted by atomic mass is 32.1. The fourth-order valence-corrected chi connectivity index (χ4v) is 3.32. The van der Waals surface area contributed by atoms with Crippen molar-refractivity contribution in [3.8, 4) is 0 Å². The molecule has 0 unspecified atom stereocenters. The molecule has 1 aromatic carbocycles. The first kappa shape index (κ1) is 20.5. The molecule has 150 valence electrons. The van der Waals surface area contributed by atoms with E-state index in [1.54, 1.807) is 28.3 Å². The normalized spacial score (nSPS) is 10.9. The number of rotatable bonds is 9. The van der Waals surface area contributed by atoms with Crippen LogP contribution in [0.4, 0.5) is 0 Å². The lowest BCUT2D eigenvalue weighted by molar-refractivity contribution is -0.132. The molecule has 0 atom stereocenters. The highest BCUT2D eigenvalue weighted by Gasteiger charge is 2.13. The monoisotopic (exact) mass is 409 g/mol. The van der Waals surface area contributed by atoms with E-state index in [1.165, 1.54) is 11.0 Å². The lowest BCUT2D eigenvalue weighted by Crippen LogP contribution is -2.39. The van der Waals surface area contributed by atoms with Gasteiger partial charge in [-0.2, -0.15) is 0 Å². The summed E-state index contributed by atoms with van der Waals surface area (Å²) in [5.41, 5.74) is 1.71. The van der Waals surface area contributed by atoms with E-state index in [0.29, 0.717) is 25.3 Å². The van der Waals surface area contributed by atoms with E-state index < -0.39 is 0 Å². The molecule has 0 bridgehead atoms. The van der Waals surface area contributed by atoms with E-state index in [2.05, 4.69) is 15.6 Å². The Morgan fingerprint density at radius 1 is 1.21 bits per heavy atom. The molecule has 0 saturated heterocycles. The van der Waals surface area contributed by atoms with Crippen molar-refractivity contribution in [3.63, 3.8) is 0 Å². The lowest BCUT2D eigenvalue weighted by Gasteiger charge is -2.18. The zero-order valence-electron chi connectivity index (χ0n) is 16.2. The second-order valence-corrected chi connectivity index (χ2v) is 7.40. The van der Waals surface area contributed by atoms with Crippen LogP contribution in [0, 0.1) is 0 Å². The Labute approximate surface area is 173 Å². The van der Waals surface area contributed by atoms with Crippen molar-refractivity contribution in [1.29, 1.82) is 0 Å². The van der Waals surface area contributed by atoms with Crippen molar-refractivity contribution in [3.05, 3.63) is 76.3 Å². The van der Waals surface area contributed by atoms with Gasteiger partial charge in [0, 0.05) is 17.5 Å². The number of benzene rings is 1. The van der Waals surface area contributed by atoms with Crippen molar-refractivity contribution in [2.45, 2.75) is 20.0 Å². The fraction of sp³-hybridized carbons (Fsp3) is 0.238. The summed E-state index contributed by atoms with van der Waals surface area (Å²) in [5, 5.41) is 12.9. The summed E-state index contributed by atoms with van der Waals surface area (Å²) in [6, 6.07) is 13.8. The lowest BCUT2D eigenvalue weighted by atomic mass is 10.2. The first-order valence-electron chi connectivity index (χ1n) is 9.34. The third-order valence-corrected chi connectivity index (χ3v) is 5.08. The highest BCUT2D eigenvalue weighted by molar-refractivity contribution is 7.09. The van der Waals surface area contributed by atoms with Crippen LogP contribution in [0.5, 0.6) is 0 Å². The Morgan fingerprint density at radius 3 is 2.76 bits per heavy atom. The van der Waals surface area contributed by atoms with Gasteiger partial charge in [0.2, 0.25) is 11.8 Å². The summed E-state index contributed by atoms with van der Waals surface area (Å²) in [6.45, 7) is 3.39. The molecule has 0 radical (unpaired) electrons. The minimum atomic E-state index is -0.239. The zero-order valence-corrected chi connectivity index (χ0v) is 17.0. The molecule has 2 amide bonds. The Kier molecular flexibility index (Phi) is 7.29. The molecule has 7 nitrogen and oxygen atoms in total. The molecule has 0 saturated carbocycles. The smallest absolute Gasteiger partial charge is 0.247 e. The average Bonchev–Trinajstić information content (AvgIpc) is 3.41. The van der Waals surface area contributed by atoms with Gasteiger partial charge in [-0.25, -0.2) is 4.68 Å². The van der Waals surface area contributed by atoms with Crippen LogP contribution in [0.1, 0.15) is 23.1 Å². The largest absolute Gasteiger partial charge is 0.350 e.